The highest BCUT2D eigenvalue weighted by Crippen LogP contribution is 2.24. The molecule has 0 saturated heterocycles. The third-order valence-corrected chi connectivity index (χ3v) is 5.03. The summed E-state index contributed by atoms with van der Waals surface area (Å²) in [5.74, 6) is 0.488. The number of nitriles is 1. The van der Waals surface area contributed by atoms with Crippen LogP contribution in [0, 0.1) is 11.3 Å². The SMILES string of the molecule is CCc1cc(Br)ccc1OCC(=O)Oc1ccc(/C=C(\C#N)C(=O)NCc2ccco2)cc1. The molecule has 0 aliphatic carbocycles. The van der Waals surface area contributed by atoms with Crippen LogP contribution in [0.1, 0.15) is 23.8 Å². The van der Waals surface area contributed by atoms with Gasteiger partial charge < -0.3 is 19.2 Å². The average molecular weight is 509 g/mol. The van der Waals surface area contributed by atoms with Gasteiger partial charge >= 0.3 is 5.97 Å². The Morgan fingerprint density at radius 1 is 1.18 bits per heavy atom. The van der Waals surface area contributed by atoms with E-state index in [1.54, 1.807) is 42.5 Å². The number of esters is 1. The number of furan rings is 1. The summed E-state index contributed by atoms with van der Waals surface area (Å²) in [5.41, 5.74) is 1.54. The number of ether oxygens (including phenoxy) is 2. The fraction of sp³-hybridized carbons (Fsp3) is 0.160. The Bertz CT molecular complexity index is 1180. The Balaban J connectivity index is 1.55. The number of hydrogen-bond acceptors (Lipinski definition) is 6. The molecular weight excluding hydrogens is 488 g/mol. The number of aryl methyl sites for hydroxylation is 1. The first-order valence-electron chi connectivity index (χ1n) is 10.1. The standard InChI is InChI=1S/C25H21BrN2O5/c1-2-18-13-20(26)7-10-23(18)32-16-24(29)33-21-8-5-17(6-9-21)12-19(14-27)25(30)28-15-22-4-3-11-31-22/h3-13H,2,15-16H2,1H3,(H,28,30)/b19-12+. The van der Waals surface area contributed by atoms with Gasteiger partial charge in [-0.3, -0.25) is 4.79 Å². The van der Waals surface area contributed by atoms with Crippen molar-refractivity contribution < 1.29 is 23.5 Å². The van der Waals surface area contributed by atoms with Crippen molar-refractivity contribution in [3.05, 3.63) is 87.8 Å². The Kier molecular flexibility index (Phi) is 8.44. The number of hydrogen-bond donors (Lipinski definition) is 1. The lowest BCUT2D eigenvalue weighted by Crippen LogP contribution is -2.23. The van der Waals surface area contributed by atoms with Gasteiger partial charge in [-0.2, -0.15) is 5.26 Å². The maximum absolute atomic E-state index is 12.2. The molecule has 168 valence electrons. The predicted octanol–water partition coefficient (Wildman–Crippen LogP) is 4.81. The number of rotatable bonds is 9. The number of carbonyl (C=O) groups is 2. The lowest BCUT2D eigenvalue weighted by Gasteiger charge is -2.10. The Morgan fingerprint density at radius 3 is 2.64 bits per heavy atom. The van der Waals surface area contributed by atoms with Crippen LogP contribution in [-0.2, 0) is 22.6 Å². The molecule has 8 heteroatoms. The van der Waals surface area contributed by atoms with Gasteiger partial charge in [0.25, 0.3) is 5.91 Å². The minimum absolute atomic E-state index is 0.0547. The van der Waals surface area contributed by atoms with Gasteiger partial charge in [-0.05, 0) is 66.1 Å². The van der Waals surface area contributed by atoms with Gasteiger partial charge in [0.2, 0.25) is 0 Å². The molecule has 3 rings (SSSR count). The summed E-state index contributed by atoms with van der Waals surface area (Å²) in [7, 11) is 0. The van der Waals surface area contributed by atoms with Crippen LogP contribution in [0.5, 0.6) is 11.5 Å². The Hall–Kier alpha value is -3.83. The number of halogens is 1. The number of carbonyl (C=O) groups excluding carboxylic acids is 2. The molecule has 0 atom stereocenters. The summed E-state index contributed by atoms with van der Waals surface area (Å²) < 4.78 is 17.0. The summed E-state index contributed by atoms with van der Waals surface area (Å²) in [6.45, 7) is 1.95. The molecule has 2 aromatic carbocycles. The van der Waals surface area contributed by atoms with E-state index in [4.69, 9.17) is 13.9 Å². The number of nitrogens with one attached hydrogen (secondary N) is 1. The molecular formula is C25H21BrN2O5. The second-order valence-corrected chi connectivity index (χ2v) is 7.78. The van der Waals surface area contributed by atoms with Gasteiger partial charge in [-0.15, -0.1) is 0 Å². The summed E-state index contributed by atoms with van der Waals surface area (Å²) >= 11 is 3.42. The van der Waals surface area contributed by atoms with E-state index in [9.17, 15) is 14.9 Å². The molecule has 0 radical (unpaired) electrons. The smallest absolute Gasteiger partial charge is 0.349 e. The molecule has 0 unspecified atom stereocenters. The lowest BCUT2D eigenvalue weighted by atomic mass is 10.1. The van der Waals surface area contributed by atoms with Crippen LogP contribution in [0.3, 0.4) is 0 Å². The van der Waals surface area contributed by atoms with Crippen LogP contribution >= 0.6 is 15.9 Å². The molecule has 0 aliphatic heterocycles. The maximum Gasteiger partial charge on any atom is 0.349 e. The van der Waals surface area contributed by atoms with E-state index in [-0.39, 0.29) is 18.7 Å². The monoisotopic (exact) mass is 508 g/mol. The molecule has 7 nitrogen and oxygen atoms in total. The van der Waals surface area contributed by atoms with Gasteiger partial charge in [0.05, 0.1) is 12.8 Å². The summed E-state index contributed by atoms with van der Waals surface area (Å²) in [5, 5.41) is 11.9. The highest BCUT2D eigenvalue weighted by Gasteiger charge is 2.11. The lowest BCUT2D eigenvalue weighted by molar-refractivity contribution is -0.136. The topological polar surface area (TPSA) is 102 Å². The molecule has 3 aromatic rings. The molecule has 0 aliphatic rings. The molecule has 1 aromatic heterocycles. The zero-order chi connectivity index (χ0) is 23.6. The van der Waals surface area contributed by atoms with E-state index in [1.807, 2.05) is 25.1 Å². The first-order valence-corrected chi connectivity index (χ1v) is 10.9. The van der Waals surface area contributed by atoms with Crippen LogP contribution in [-0.4, -0.2) is 18.5 Å². The summed E-state index contributed by atoms with van der Waals surface area (Å²) in [6.07, 6.45) is 3.72. The third kappa shape index (κ3) is 7.09. The van der Waals surface area contributed by atoms with Crippen LogP contribution in [0.25, 0.3) is 6.08 Å². The number of nitrogens with zero attached hydrogens (tertiary/aromatic N) is 1. The Labute approximate surface area is 199 Å². The van der Waals surface area contributed by atoms with Crippen LogP contribution in [0.2, 0.25) is 0 Å². The zero-order valence-electron chi connectivity index (χ0n) is 17.8. The largest absolute Gasteiger partial charge is 0.482 e. The molecule has 33 heavy (non-hydrogen) atoms. The van der Waals surface area contributed by atoms with E-state index in [2.05, 4.69) is 21.2 Å². The van der Waals surface area contributed by atoms with Crippen LogP contribution < -0.4 is 14.8 Å². The van der Waals surface area contributed by atoms with Crippen molar-refractivity contribution >= 4 is 33.9 Å². The van der Waals surface area contributed by atoms with Crippen molar-refractivity contribution in [3.8, 4) is 17.6 Å². The fourth-order valence-electron chi connectivity index (χ4n) is 2.89. The normalized spacial score (nSPS) is 10.9. The minimum Gasteiger partial charge on any atom is -0.482 e. The van der Waals surface area contributed by atoms with E-state index < -0.39 is 11.9 Å². The van der Waals surface area contributed by atoms with Crippen LogP contribution in [0.15, 0.2) is 75.3 Å². The zero-order valence-corrected chi connectivity index (χ0v) is 19.4. The summed E-state index contributed by atoms with van der Waals surface area (Å²) in [4.78, 5) is 24.4. The molecule has 0 bridgehead atoms. The molecule has 0 spiro atoms. The van der Waals surface area contributed by atoms with Gasteiger partial charge in [0.1, 0.15) is 28.9 Å². The highest BCUT2D eigenvalue weighted by atomic mass is 79.9. The first kappa shape index (κ1) is 23.8. The molecule has 1 amide bonds. The van der Waals surface area contributed by atoms with E-state index >= 15 is 0 Å². The van der Waals surface area contributed by atoms with Gasteiger partial charge in [-0.25, -0.2) is 4.79 Å². The fourth-order valence-corrected chi connectivity index (χ4v) is 3.29. The van der Waals surface area contributed by atoms with Crippen molar-refractivity contribution in [2.45, 2.75) is 19.9 Å². The van der Waals surface area contributed by atoms with Crippen molar-refractivity contribution in [3.63, 3.8) is 0 Å². The average Bonchev–Trinajstić information content (AvgIpc) is 3.35. The molecule has 1 heterocycles. The quantitative estimate of drug-likeness (QED) is 0.192. The van der Waals surface area contributed by atoms with E-state index in [1.165, 1.54) is 12.3 Å². The van der Waals surface area contributed by atoms with Crippen molar-refractivity contribution in [2.24, 2.45) is 0 Å². The highest BCUT2D eigenvalue weighted by molar-refractivity contribution is 9.10. The number of benzene rings is 2. The molecule has 1 N–H and O–H groups in total. The molecule has 0 saturated carbocycles. The molecule has 0 fully saturated rings. The maximum atomic E-state index is 12.2. The van der Waals surface area contributed by atoms with Gasteiger partial charge in [-0.1, -0.05) is 35.0 Å². The van der Waals surface area contributed by atoms with E-state index in [0.29, 0.717) is 22.8 Å². The number of amides is 1. The minimum atomic E-state index is -0.543. The Morgan fingerprint density at radius 2 is 1.97 bits per heavy atom. The summed E-state index contributed by atoms with van der Waals surface area (Å²) in [6, 6.07) is 17.4. The second kappa shape index (κ2) is 11.7. The predicted molar refractivity (Wildman–Crippen MR) is 125 cm³/mol. The first-order chi connectivity index (χ1) is 16.0. The van der Waals surface area contributed by atoms with E-state index in [0.717, 1.165) is 16.5 Å². The van der Waals surface area contributed by atoms with Gasteiger partial charge in [0, 0.05) is 4.47 Å². The van der Waals surface area contributed by atoms with Gasteiger partial charge in [0.15, 0.2) is 6.61 Å². The van der Waals surface area contributed by atoms with Crippen molar-refractivity contribution in [1.29, 1.82) is 5.26 Å². The van der Waals surface area contributed by atoms with Crippen LogP contribution in [0.4, 0.5) is 0 Å². The van der Waals surface area contributed by atoms with Crippen molar-refractivity contribution in [1.82, 2.24) is 5.32 Å². The van der Waals surface area contributed by atoms with Crippen molar-refractivity contribution in [2.75, 3.05) is 6.61 Å². The third-order valence-electron chi connectivity index (χ3n) is 4.54. The second-order valence-electron chi connectivity index (χ2n) is 6.87.